The second-order valence-corrected chi connectivity index (χ2v) is 5.34. The molecule has 0 saturated heterocycles. The van der Waals surface area contributed by atoms with Crippen molar-refractivity contribution < 1.29 is 10.2 Å². The maximum Gasteiger partial charge on any atom is 0.259 e. The fraction of sp³-hybridized carbons (Fsp3) is 0.188. The molecule has 100 valence electrons. The van der Waals surface area contributed by atoms with E-state index in [0.717, 1.165) is 29.1 Å². The number of rotatable bonds is 1. The molecule has 1 aliphatic carbocycles. The van der Waals surface area contributed by atoms with Crippen LogP contribution in [0.5, 0.6) is 11.5 Å². The molecule has 1 saturated carbocycles. The van der Waals surface area contributed by atoms with Crippen LogP contribution in [0.1, 0.15) is 18.9 Å². The first-order valence-electron chi connectivity index (χ1n) is 6.65. The van der Waals surface area contributed by atoms with Crippen molar-refractivity contribution in [1.82, 2.24) is 4.57 Å². The number of hydrogen-bond acceptors (Lipinski definition) is 3. The smallest absolute Gasteiger partial charge is 0.259 e. The second kappa shape index (κ2) is 3.76. The van der Waals surface area contributed by atoms with Gasteiger partial charge in [-0.3, -0.25) is 4.79 Å². The van der Waals surface area contributed by atoms with Gasteiger partial charge < -0.3 is 14.8 Å². The molecule has 1 aliphatic rings. The molecule has 0 spiro atoms. The van der Waals surface area contributed by atoms with Gasteiger partial charge in [-0.1, -0.05) is 0 Å². The summed E-state index contributed by atoms with van der Waals surface area (Å²) in [6.45, 7) is 0. The van der Waals surface area contributed by atoms with Crippen LogP contribution in [-0.2, 0) is 0 Å². The SMILES string of the molecule is O=c1c2cc(O)ccc2c2ccc(O)cc2n1C1CC1. The number of phenols is 2. The van der Waals surface area contributed by atoms with Gasteiger partial charge in [0.25, 0.3) is 5.56 Å². The van der Waals surface area contributed by atoms with Crippen molar-refractivity contribution in [2.45, 2.75) is 18.9 Å². The normalized spacial score (nSPS) is 15.0. The summed E-state index contributed by atoms with van der Waals surface area (Å²) in [6, 6.07) is 10.1. The molecule has 3 aromatic rings. The summed E-state index contributed by atoms with van der Waals surface area (Å²) in [6.07, 6.45) is 1.96. The Hall–Kier alpha value is -2.49. The molecular weight excluding hydrogens is 254 g/mol. The van der Waals surface area contributed by atoms with E-state index in [4.69, 9.17) is 0 Å². The average Bonchev–Trinajstić information content (AvgIpc) is 3.24. The number of aromatic hydroxyl groups is 2. The molecule has 0 unspecified atom stereocenters. The highest BCUT2D eigenvalue weighted by Gasteiger charge is 2.27. The molecule has 0 atom stereocenters. The van der Waals surface area contributed by atoms with Gasteiger partial charge in [-0.15, -0.1) is 0 Å². The highest BCUT2D eigenvalue weighted by Crippen LogP contribution is 2.38. The van der Waals surface area contributed by atoms with E-state index >= 15 is 0 Å². The monoisotopic (exact) mass is 267 g/mol. The number of fused-ring (bicyclic) bond motifs is 3. The molecular formula is C16H13NO3. The molecule has 0 amide bonds. The van der Waals surface area contributed by atoms with Crippen molar-refractivity contribution in [2.24, 2.45) is 0 Å². The molecule has 4 nitrogen and oxygen atoms in total. The van der Waals surface area contributed by atoms with Crippen LogP contribution in [0.3, 0.4) is 0 Å². The molecule has 0 radical (unpaired) electrons. The van der Waals surface area contributed by atoms with Crippen molar-refractivity contribution in [3.8, 4) is 11.5 Å². The molecule has 0 aliphatic heterocycles. The van der Waals surface area contributed by atoms with E-state index in [1.54, 1.807) is 28.8 Å². The zero-order valence-electron chi connectivity index (χ0n) is 10.7. The molecule has 1 aromatic heterocycles. The minimum atomic E-state index is -0.100. The van der Waals surface area contributed by atoms with Crippen molar-refractivity contribution >= 4 is 21.7 Å². The third-order valence-corrected chi connectivity index (χ3v) is 3.90. The molecule has 1 heterocycles. The Balaban J connectivity index is 2.28. The Labute approximate surface area is 114 Å². The summed E-state index contributed by atoms with van der Waals surface area (Å²) in [5.74, 6) is 0.250. The number of nitrogens with zero attached hydrogens (tertiary/aromatic N) is 1. The highest BCUT2D eigenvalue weighted by atomic mass is 16.3. The first-order valence-corrected chi connectivity index (χ1v) is 6.65. The first-order chi connectivity index (χ1) is 9.65. The number of phenolic OH excluding ortho intramolecular Hbond substituents is 2. The standard InChI is InChI=1S/C16H13NO3/c18-10-3-5-12-13-6-4-11(19)8-15(13)17(9-1-2-9)16(20)14(12)7-10/h3-9,18-19H,1-2H2. The van der Waals surface area contributed by atoms with E-state index in [1.807, 2.05) is 6.07 Å². The van der Waals surface area contributed by atoms with E-state index in [1.165, 1.54) is 6.07 Å². The Bertz CT molecular complexity index is 907. The number of aromatic nitrogens is 1. The molecule has 0 bridgehead atoms. The van der Waals surface area contributed by atoms with Gasteiger partial charge in [0.15, 0.2) is 0 Å². The van der Waals surface area contributed by atoms with Crippen LogP contribution in [0, 0.1) is 0 Å². The lowest BCUT2D eigenvalue weighted by Gasteiger charge is -2.12. The van der Waals surface area contributed by atoms with Crippen LogP contribution in [-0.4, -0.2) is 14.8 Å². The van der Waals surface area contributed by atoms with Crippen molar-refractivity contribution in [3.05, 3.63) is 46.8 Å². The van der Waals surface area contributed by atoms with E-state index in [2.05, 4.69) is 0 Å². The molecule has 2 aromatic carbocycles. The summed E-state index contributed by atoms with van der Waals surface area (Å²) < 4.78 is 1.75. The van der Waals surface area contributed by atoms with Gasteiger partial charge in [0.05, 0.1) is 10.9 Å². The maximum absolute atomic E-state index is 12.7. The lowest BCUT2D eigenvalue weighted by molar-refractivity contribution is 0.475. The van der Waals surface area contributed by atoms with Gasteiger partial charge in [0.2, 0.25) is 0 Å². The molecule has 1 fully saturated rings. The predicted molar refractivity (Wildman–Crippen MR) is 77.3 cm³/mol. The van der Waals surface area contributed by atoms with E-state index in [9.17, 15) is 15.0 Å². The largest absolute Gasteiger partial charge is 0.508 e. The first kappa shape index (κ1) is 11.3. The lowest BCUT2D eigenvalue weighted by atomic mass is 10.1. The zero-order chi connectivity index (χ0) is 13.9. The highest BCUT2D eigenvalue weighted by molar-refractivity contribution is 6.06. The van der Waals surface area contributed by atoms with E-state index in [0.29, 0.717) is 5.39 Å². The lowest BCUT2D eigenvalue weighted by Crippen LogP contribution is -2.19. The van der Waals surface area contributed by atoms with Gasteiger partial charge in [0, 0.05) is 17.5 Å². The van der Waals surface area contributed by atoms with Gasteiger partial charge in [-0.05, 0) is 48.6 Å². The third-order valence-electron chi connectivity index (χ3n) is 3.90. The number of benzene rings is 2. The molecule has 4 heteroatoms. The van der Waals surface area contributed by atoms with E-state index < -0.39 is 0 Å². The van der Waals surface area contributed by atoms with Crippen molar-refractivity contribution in [1.29, 1.82) is 0 Å². The number of hydrogen-bond donors (Lipinski definition) is 2. The average molecular weight is 267 g/mol. The minimum absolute atomic E-state index is 0.0927. The van der Waals surface area contributed by atoms with Crippen LogP contribution in [0.4, 0.5) is 0 Å². The summed E-state index contributed by atoms with van der Waals surface area (Å²) >= 11 is 0. The quantitative estimate of drug-likeness (QED) is 0.666. The number of pyridine rings is 1. The zero-order valence-corrected chi connectivity index (χ0v) is 10.7. The van der Waals surface area contributed by atoms with Crippen LogP contribution in [0.2, 0.25) is 0 Å². The van der Waals surface area contributed by atoms with Gasteiger partial charge in [-0.2, -0.15) is 0 Å². The van der Waals surface area contributed by atoms with Gasteiger partial charge >= 0.3 is 0 Å². The van der Waals surface area contributed by atoms with Crippen molar-refractivity contribution in [3.63, 3.8) is 0 Å². The Morgan fingerprint density at radius 3 is 2.25 bits per heavy atom. The van der Waals surface area contributed by atoms with E-state index in [-0.39, 0.29) is 23.1 Å². The Morgan fingerprint density at radius 1 is 0.900 bits per heavy atom. The third kappa shape index (κ3) is 1.51. The fourth-order valence-electron chi connectivity index (χ4n) is 2.83. The predicted octanol–water partition coefficient (Wildman–Crippen LogP) is 2.90. The summed E-state index contributed by atoms with van der Waals surface area (Å²) in [4.78, 5) is 12.7. The topological polar surface area (TPSA) is 62.5 Å². The molecule has 20 heavy (non-hydrogen) atoms. The van der Waals surface area contributed by atoms with Crippen LogP contribution in [0.25, 0.3) is 21.7 Å². The molecule has 2 N–H and O–H groups in total. The second-order valence-electron chi connectivity index (χ2n) is 5.34. The van der Waals surface area contributed by atoms with Crippen LogP contribution in [0.15, 0.2) is 41.2 Å². The van der Waals surface area contributed by atoms with Gasteiger partial charge in [-0.25, -0.2) is 0 Å². The van der Waals surface area contributed by atoms with Crippen LogP contribution >= 0.6 is 0 Å². The maximum atomic E-state index is 12.7. The van der Waals surface area contributed by atoms with Crippen molar-refractivity contribution in [2.75, 3.05) is 0 Å². The Kier molecular flexibility index (Phi) is 2.13. The van der Waals surface area contributed by atoms with Gasteiger partial charge in [0.1, 0.15) is 11.5 Å². The minimum Gasteiger partial charge on any atom is -0.508 e. The summed E-state index contributed by atoms with van der Waals surface area (Å²) in [7, 11) is 0. The molecule has 4 rings (SSSR count). The summed E-state index contributed by atoms with van der Waals surface area (Å²) in [5, 5.41) is 21.6. The fourth-order valence-corrected chi connectivity index (χ4v) is 2.83. The summed E-state index contributed by atoms with van der Waals surface area (Å²) in [5.41, 5.74) is 0.659. The van der Waals surface area contributed by atoms with Crippen LogP contribution < -0.4 is 5.56 Å². The Morgan fingerprint density at radius 2 is 1.55 bits per heavy atom.